The molecule has 11 nitrogen and oxygen atoms in total. The van der Waals surface area contributed by atoms with Gasteiger partial charge in [0.05, 0.1) is 30.3 Å². The molecule has 0 radical (unpaired) electrons. The quantitative estimate of drug-likeness (QED) is 0.0899. The maximum Gasteiger partial charge on any atom is 0.430 e. The van der Waals surface area contributed by atoms with Crippen molar-refractivity contribution in [2.45, 2.75) is 38.0 Å². The first-order valence-electron chi connectivity index (χ1n) is 15.4. The van der Waals surface area contributed by atoms with E-state index in [2.05, 4.69) is 15.0 Å². The average molecular weight is 684 g/mol. The van der Waals surface area contributed by atoms with Gasteiger partial charge in [-0.05, 0) is 48.6 Å². The van der Waals surface area contributed by atoms with Crippen LogP contribution in [0, 0.1) is 16.0 Å². The van der Waals surface area contributed by atoms with Crippen LogP contribution in [0.5, 0.6) is 5.75 Å². The van der Waals surface area contributed by atoms with Gasteiger partial charge in [0, 0.05) is 36.8 Å². The molecule has 14 heteroatoms. The molecule has 0 aliphatic carbocycles. The van der Waals surface area contributed by atoms with Crippen molar-refractivity contribution in [2.75, 3.05) is 33.4 Å². The summed E-state index contributed by atoms with van der Waals surface area (Å²) in [5.41, 5.74) is -0.893. The summed E-state index contributed by atoms with van der Waals surface area (Å²) >= 11 is 0. The molecule has 3 aromatic carbocycles. The van der Waals surface area contributed by atoms with Crippen LogP contribution in [0.4, 0.5) is 18.9 Å². The Hall–Kier alpha value is -5.08. The van der Waals surface area contributed by atoms with Crippen molar-refractivity contribution in [2.24, 2.45) is 10.9 Å². The summed E-state index contributed by atoms with van der Waals surface area (Å²) in [6.07, 6.45) is -4.81. The molecule has 0 aromatic heterocycles. The van der Waals surface area contributed by atoms with Gasteiger partial charge < -0.3 is 24.6 Å². The monoisotopic (exact) mass is 683 g/mol. The number of carbonyl (C=O) groups is 2. The van der Waals surface area contributed by atoms with E-state index in [0.29, 0.717) is 38.3 Å². The highest BCUT2D eigenvalue weighted by Gasteiger charge is 2.52. The first kappa shape index (κ1) is 36.8. The van der Waals surface area contributed by atoms with Gasteiger partial charge in [0.1, 0.15) is 24.0 Å². The van der Waals surface area contributed by atoms with Crippen molar-refractivity contribution < 1.29 is 47.0 Å². The highest BCUT2D eigenvalue weighted by atomic mass is 19.4. The van der Waals surface area contributed by atoms with Crippen LogP contribution in [-0.4, -0.2) is 67.3 Å². The molecular weight excluding hydrogens is 647 g/mol. The standard InChI is InChI=1S/C35H36F3N3O8/c1-22-29(30(25-11-6-12-26(20-25)41(45)46)31(33(43)47-2)32(40-22)35(36,37)38)34(44)49-18-7-8-23-13-15-27(16-14-23)48-19-17-39-21-28(42)24-9-4-3-5-10-24/h3-6,9-16,20,28,30-31,39,42H,7-8,17-19,21H2,1-2H3. The average Bonchev–Trinajstić information content (AvgIpc) is 3.09. The van der Waals surface area contributed by atoms with Crippen LogP contribution in [0.15, 0.2) is 95.1 Å². The molecule has 1 heterocycles. The summed E-state index contributed by atoms with van der Waals surface area (Å²) in [6.45, 7) is 2.38. The second kappa shape index (κ2) is 16.8. The number of esters is 2. The van der Waals surface area contributed by atoms with E-state index in [9.17, 15) is 38.0 Å². The predicted octanol–water partition coefficient (Wildman–Crippen LogP) is 5.64. The number of hydrogen-bond donors (Lipinski definition) is 2. The molecule has 0 fully saturated rings. The minimum atomic E-state index is -5.06. The zero-order chi connectivity index (χ0) is 35.6. The van der Waals surface area contributed by atoms with E-state index >= 15 is 0 Å². The Morgan fingerprint density at radius 1 is 1.04 bits per heavy atom. The Morgan fingerprint density at radius 3 is 2.41 bits per heavy atom. The minimum absolute atomic E-state index is 0.0737. The van der Waals surface area contributed by atoms with Gasteiger partial charge in [-0.3, -0.25) is 19.9 Å². The number of aryl methyl sites for hydroxylation is 1. The Bertz CT molecular complexity index is 1680. The largest absolute Gasteiger partial charge is 0.492 e. The first-order valence-corrected chi connectivity index (χ1v) is 15.4. The van der Waals surface area contributed by atoms with Crippen molar-refractivity contribution in [3.63, 3.8) is 0 Å². The number of aliphatic hydroxyl groups excluding tert-OH is 1. The lowest BCUT2D eigenvalue weighted by atomic mass is 9.75. The van der Waals surface area contributed by atoms with Gasteiger partial charge in [-0.25, -0.2) is 4.79 Å². The third-order valence-corrected chi connectivity index (χ3v) is 7.86. The molecule has 3 unspecified atom stereocenters. The molecule has 1 aliphatic rings. The number of aliphatic imine (C=N–C) groups is 1. The number of nitro groups is 1. The van der Waals surface area contributed by atoms with E-state index in [4.69, 9.17) is 9.47 Å². The molecule has 0 saturated carbocycles. The second-order valence-corrected chi connectivity index (χ2v) is 11.2. The van der Waals surface area contributed by atoms with Crippen molar-refractivity contribution in [1.82, 2.24) is 5.32 Å². The lowest BCUT2D eigenvalue weighted by Gasteiger charge is -2.32. The summed E-state index contributed by atoms with van der Waals surface area (Å²) in [7, 11) is 0.903. The van der Waals surface area contributed by atoms with Crippen LogP contribution >= 0.6 is 0 Å². The van der Waals surface area contributed by atoms with Crippen LogP contribution in [0.25, 0.3) is 0 Å². The summed E-state index contributed by atoms with van der Waals surface area (Å²) in [5, 5.41) is 24.8. The molecule has 3 aromatic rings. The number of rotatable bonds is 15. The fourth-order valence-electron chi connectivity index (χ4n) is 5.48. The molecule has 0 amide bonds. The van der Waals surface area contributed by atoms with Crippen molar-refractivity contribution in [1.29, 1.82) is 0 Å². The molecule has 0 bridgehead atoms. The van der Waals surface area contributed by atoms with E-state index in [1.807, 2.05) is 42.5 Å². The molecular formula is C35H36F3N3O8. The van der Waals surface area contributed by atoms with Gasteiger partial charge >= 0.3 is 18.1 Å². The van der Waals surface area contributed by atoms with Gasteiger partial charge in [-0.2, -0.15) is 13.2 Å². The number of nitro benzene ring substituents is 1. The molecule has 3 atom stereocenters. The minimum Gasteiger partial charge on any atom is -0.492 e. The zero-order valence-electron chi connectivity index (χ0n) is 26.8. The number of nitrogens with zero attached hydrogens (tertiary/aromatic N) is 2. The number of halogens is 3. The van der Waals surface area contributed by atoms with Gasteiger partial charge in [0.25, 0.3) is 5.69 Å². The number of benzene rings is 3. The summed E-state index contributed by atoms with van der Waals surface area (Å²) in [5.74, 6) is -5.37. The zero-order valence-corrected chi connectivity index (χ0v) is 26.8. The smallest absolute Gasteiger partial charge is 0.430 e. The summed E-state index contributed by atoms with van der Waals surface area (Å²) < 4.78 is 58.1. The Kier molecular flexibility index (Phi) is 12.6. The van der Waals surface area contributed by atoms with Crippen LogP contribution < -0.4 is 10.1 Å². The third kappa shape index (κ3) is 9.74. The van der Waals surface area contributed by atoms with E-state index in [1.165, 1.54) is 19.1 Å². The number of aliphatic hydroxyl groups is 1. The molecule has 260 valence electrons. The maximum atomic E-state index is 14.1. The Morgan fingerprint density at radius 2 is 1.76 bits per heavy atom. The maximum absolute atomic E-state index is 14.1. The summed E-state index contributed by atoms with van der Waals surface area (Å²) in [6, 6.07) is 21.3. The Balaban J connectivity index is 1.35. The van der Waals surface area contributed by atoms with E-state index < -0.39 is 52.4 Å². The second-order valence-electron chi connectivity index (χ2n) is 11.2. The number of carbonyl (C=O) groups excluding carboxylic acids is 2. The number of allylic oxidation sites excluding steroid dienone is 1. The fraction of sp³-hybridized carbons (Fsp3) is 0.343. The normalized spacial score (nSPS) is 16.8. The van der Waals surface area contributed by atoms with Gasteiger partial charge in [-0.1, -0.05) is 54.6 Å². The number of hydrogen-bond acceptors (Lipinski definition) is 10. The summed E-state index contributed by atoms with van der Waals surface area (Å²) in [4.78, 5) is 40.4. The van der Waals surface area contributed by atoms with Crippen LogP contribution in [-0.2, 0) is 25.5 Å². The van der Waals surface area contributed by atoms with Crippen LogP contribution in [0.2, 0.25) is 0 Å². The number of ether oxygens (including phenoxy) is 3. The number of methoxy groups -OCH3 is 1. The highest BCUT2D eigenvalue weighted by molar-refractivity contribution is 6.10. The fourth-order valence-corrected chi connectivity index (χ4v) is 5.48. The van der Waals surface area contributed by atoms with Crippen LogP contribution in [0.1, 0.15) is 42.1 Å². The number of non-ortho nitro benzene ring substituents is 1. The van der Waals surface area contributed by atoms with E-state index in [1.54, 1.807) is 12.1 Å². The lowest BCUT2D eigenvalue weighted by Crippen LogP contribution is -2.43. The molecule has 0 saturated heterocycles. The topological polar surface area (TPSA) is 150 Å². The SMILES string of the molecule is COC(=O)C1C(C(F)(F)F)=NC(C)=C(C(=O)OCCCc2ccc(OCCNCC(O)c3ccccc3)cc2)C1c1cccc([N+](=O)[O-])c1. The van der Waals surface area contributed by atoms with E-state index in [-0.39, 0.29) is 23.4 Å². The van der Waals surface area contributed by atoms with Crippen molar-refractivity contribution >= 4 is 23.3 Å². The molecule has 49 heavy (non-hydrogen) atoms. The number of nitrogens with one attached hydrogen (secondary N) is 1. The van der Waals surface area contributed by atoms with Crippen LogP contribution in [0.3, 0.4) is 0 Å². The molecule has 1 aliphatic heterocycles. The van der Waals surface area contributed by atoms with E-state index in [0.717, 1.165) is 30.4 Å². The highest BCUT2D eigenvalue weighted by Crippen LogP contribution is 2.44. The lowest BCUT2D eigenvalue weighted by molar-refractivity contribution is -0.384. The number of alkyl halides is 3. The molecule has 2 N–H and O–H groups in total. The van der Waals surface area contributed by atoms with Crippen molar-refractivity contribution in [3.8, 4) is 5.75 Å². The van der Waals surface area contributed by atoms with Gasteiger partial charge in [0.2, 0.25) is 0 Å². The van der Waals surface area contributed by atoms with Gasteiger partial charge in [0.15, 0.2) is 0 Å². The van der Waals surface area contributed by atoms with Gasteiger partial charge in [-0.15, -0.1) is 0 Å². The molecule has 4 rings (SSSR count). The Labute approximate surface area is 280 Å². The predicted molar refractivity (Wildman–Crippen MR) is 173 cm³/mol. The third-order valence-electron chi connectivity index (χ3n) is 7.86. The van der Waals surface area contributed by atoms with Crippen molar-refractivity contribution in [3.05, 3.63) is 117 Å². The molecule has 0 spiro atoms. The first-order chi connectivity index (χ1) is 23.4.